The van der Waals surface area contributed by atoms with Crippen molar-refractivity contribution >= 4 is 29.0 Å². The summed E-state index contributed by atoms with van der Waals surface area (Å²) in [6.45, 7) is 2.76. The molecule has 0 aliphatic heterocycles. The van der Waals surface area contributed by atoms with Crippen LogP contribution < -0.4 is 5.32 Å². The van der Waals surface area contributed by atoms with Gasteiger partial charge in [-0.05, 0) is 36.2 Å². The van der Waals surface area contributed by atoms with Gasteiger partial charge in [-0.1, -0.05) is 6.07 Å². The molecule has 0 amide bonds. The summed E-state index contributed by atoms with van der Waals surface area (Å²) >= 11 is 3.18. The molecule has 20 heavy (non-hydrogen) atoms. The lowest BCUT2D eigenvalue weighted by Gasteiger charge is -2.06. The van der Waals surface area contributed by atoms with Gasteiger partial charge in [0.2, 0.25) is 5.95 Å². The quantitative estimate of drug-likeness (QED) is 0.781. The SMILES string of the molecule is CCNc1nc(Sc2cccs2)nc(-n2cccn2)n1. The van der Waals surface area contributed by atoms with Crippen molar-refractivity contribution in [3.8, 4) is 5.95 Å². The number of hydrogen-bond donors (Lipinski definition) is 1. The van der Waals surface area contributed by atoms with E-state index in [4.69, 9.17) is 0 Å². The van der Waals surface area contributed by atoms with Crippen LogP contribution in [0, 0.1) is 0 Å². The fourth-order valence-corrected chi connectivity index (χ4v) is 3.15. The molecular formula is C12H12N6S2. The minimum absolute atomic E-state index is 0.514. The first-order chi connectivity index (χ1) is 9.85. The standard InChI is InChI=1S/C12H12N6S2/c1-2-13-10-15-11(18-7-4-6-14-18)17-12(16-10)20-9-5-3-8-19-9/h3-8H,2H2,1H3,(H,13,15,16,17). The van der Waals surface area contributed by atoms with Gasteiger partial charge in [0.15, 0.2) is 5.16 Å². The van der Waals surface area contributed by atoms with E-state index in [-0.39, 0.29) is 0 Å². The summed E-state index contributed by atoms with van der Waals surface area (Å²) in [5.41, 5.74) is 0. The highest BCUT2D eigenvalue weighted by molar-refractivity contribution is 8.01. The molecule has 3 aromatic rings. The van der Waals surface area contributed by atoms with Crippen molar-refractivity contribution in [2.24, 2.45) is 0 Å². The molecule has 3 heterocycles. The molecule has 0 saturated carbocycles. The predicted octanol–water partition coefficient (Wildman–Crippen LogP) is 2.70. The maximum Gasteiger partial charge on any atom is 0.256 e. The highest BCUT2D eigenvalue weighted by Gasteiger charge is 2.09. The van der Waals surface area contributed by atoms with Crippen molar-refractivity contribution in [3.05, 3.63) is 36.0 Å². The van der Waals surface area contributed by atoms with Crippen molar-refractivity contribution < 1.29 is 0 Å². The number of nitrogens with zero attached hydrogens (tertiary/aromatic N) is 5. The molecule has 0 aromatic carbocycles. The molecule has 6 nitrogen and oxygen atoms in total. The molecule has 8 heteroatoms. The Morgan fingerprint density at radius 3 is 2.95 bits per heavy atom. The molecule has 0 radical (unpaired) electrons. The molecule has 0 saturated heterocycles. The number of rotatable bonds is 5. The largest absolute Gasteiger partial charge is 0.354 e. The van der Waals surface area contributed by atoms with E-state index >= 15 is 0 Å². The smallest absolute Gasteiger partial charge is 0.256 e. The van der Waals surface area contributed by atoms with E-state index in [1.54, 1.807) is 22.2 Å². The lowest BCUT2D eigenvalue weighted by Crippen LogP contribution is -2.09. The van der Waals surface area contributed by atoms with Gasteiger partial charge < -0.3 is 5.32 Å². The van der Waals surface area contributed by atoms with Gasteiger partial charge in [-0.3, -0.25) is 0 Å². The van der Waals surface area contributed by atoms with E-state index < -0.39 is 0 Å². The van der Waals surface area contributed by atoms with Gasteiger partial charge in [0.25, 0.3) is 5.95 Å². The third-order valence-corrected chi connectivity index (χ3v) is 4.24. The Morgan fingerprint density at radius 1 is 1.30 bits per heavy atom. The minimum atomic E-state index is 0.514. The highest BCUT2D eigenvalue weighted by atomic mass is 32.2. The van der Waals surface area contributed by atoms with Gasteiger partial charge >= 0.3 is 0 Å². The van der Waals surface area contributed by atoms with Crippen LogP contribution in [0.25, 0.3) is 5.95 Å². The molecule has 0 spiro atoms. The average molecular weight is 304 g/mol. The molecular weight excluding hydrogens is 292 g/mol. The van der Waals surface area contributed by atoms with Crippen molar-refractivity contribution in [1.82, 2.24) is 24.7 Å². The summed E-state index contributed by atoms with van der Waals surface area (Å²) in [5.74, 6) is 1.08. The van der Waals surface area contributed by atoms with Crippen LogP contribution >= 0.6 is 23.1 Å². The molecule has 1 N–H and O–H groups in total. The molecule has 0 aliphatic rings. The second-order valence-electron chi connectivity index (χ2n) is 3.76. The number of nitrogens with one attached hydrogen (secondary N) is 1. The molecule has 0 aliphatic carbocycles. The second kappa shape index (κ2) is 6.02. The molecule has 0 atom stereocenters. The molecule has 3 aromatic heterocycles. The van der Waals surface area contributed by atoms with Gasteiger partial charge in [-0.2, -0.15) is 20.1 Å². The average Bonchev–Trinajstić information content (AvgIpc) is 3.11. The number of anilines is 1. The number of aromatic nitrogens is 5. The van der Waals surface area contributed by atoms with E-state index in [1.165, 1.54) is 11.8 Å². The van der Waals surface area contributed by atoms with E-state index in [9.17, 15) is 0 Å². The first-order valence-corrected chi connectivity index (χ1v) is 7.76. The zero-order valence-electron chi connectivity index (χ0n) is 10.7. The van der Waals surface area contributed by atoms with E-state index in [0.717, 1.165) is 10.8 Å². The van der Waals surface area contributed by atoms with Crippen LogP contribution in [0.2, 0.25) is 0 Å². The van der Waals surface area contributed by atoms with Crippen molar-refractivity contribution in [3.63, 3.8) is 0 Å². The Labute approximate surface area is 124 Å². The summed E-state index contributed by atoms with van der Waals surface area (Å²) in [4.78, 5) is 13.2. The third kappa shape index (κ3) is 2.97. The zero-order chi connectivity index (χ0) is 13.8. The van der Waals surface area contributed by atoms with Gasteiger partial charge in [0.05, 0.1) is 4.21 Å². The minimum Gasteiger partial charge on any atom is -0.354 e. The van der Waals surface area contributed by atoms with E-state index in [2.05, 4.69) is 25.4 Å². The molecule has 3 rings (SSSR count). The van der Waals surface area contributed by atoms with Crippen LogP contribution in [-0.2, 0) is 0 Å². The van der Waals surface area contributed by atoms with E-state index in [0.29, 0.717) is 17.1 Å². The number of thiophene rings is 1. The normalized spacial score (nSPS) is 10.7. The highest BCUT2D eigenvalue weighted by Crippen LogP contribution is 2.29. The first-order valence-electron chi connectivity index (χ1n) is 6.06. The van der Waals surface area contributed by atoms with Gasteiger partial charge in [0.1, 0.15) is 0 Å². The van der Waals surface area contributed by atoms with E-state index in [1.807, 2.05) is 36.7 Å². The number of hydrogen-bond acceptors (Lipinski definition) is 7. The third-order valence-electron chi connectivity index (χ3n) is 2.33. The van der Waals surface area contributed by atoms with Gasteiger partial charge in [-0.15, -0.1) is 11.3 Å². The summed E-state index contributed by atoms with van der Waals surface area (Å²) in [7, 11) is 0. The fourth-order valence-electron chi connectivity index (χ4n) is 1.53. The van der Waals surface area contributed by atoms with Crippen molar-refractivity contribution in [2.45, 2.75) is 16.3 Å². The Kier molecular flexibility index (Phi) is 3.93. The first kappa shape index (κ1) is 13.1. The topological polar surface area (TPSA) is 68.5 Å². The predicted molar refractivity (Wildman–Crippen MR) is 79.6 cm³/mol. The lowest BCUT2D eigenvalue weighted by molar-refractivity contribution is 0.760. The lowest BCUT2D eigenvalue weighted by atomic mass is 10.7. The Bertz CT molecular complexity index is 665. The van der Waals surface area contributed by atoms with Crippen LogP contribution in [0.3, 0.4) is 0 Å². The van der Waals surface area contributed by atoms with Gasteiger partial charge in [0, 0.05) is 18.9 Å². The van der Waals surface area contributed by atoms with Crippen LogP contribution in [0.15, 0.2) is 45.3 Å². The summed E-state index contributed by atoms with van der Waals surface area (Å²) in [6.07, 6.45) is 3.51. The molecule has 102 valence electrons. The zero-order valence-corrected chi connectivity index (χ0v) is 12.4. The monoisotopic (exact) mass is 304 g/mol. The maximum atomic E-state index is 4.44. The van der Waals surface area contributed by atoms with Gasteiger partial charge in [-0.25, -0.2) is 4.68 Å². The summed E-state index contributed by atoms with van der Waals surface area (Å²) in [5, 5.41) is 9.96. The summed E-state index contributed by atoms with van der Waals surface area (Å²) in [6, 6.07) is 5.89. The Balaban J connectivity index is 1.96. The van der Waals surface area contributed by atoms with Crippen LogP contribution in [0.4, 0.5) is 5.95 Å². The fraction of sp³-hybridized carbons (Fsp3) is 0.167. The van der Waals surface area contributed by atoms with Crippen LogP contribution in [0.5, 0.6) is 0 Å². The molecule has 0 fully saturated rings. The van der Waals surface area contributed by atoms with Crippen LogP contribution in [-0.4, -0.2) is 31.3 Å². The molecule has 0 unspecified atom stereocenters. The van der Waals surface area contributed by atoms with Crippen molar-refractivity contribution in [1.29, 1.82) is 0 Å². The molecule has 0 bridgehead atoms. The second-order valence-corrected chi connectivity index (χ2v) is 5.97. The van der Waals surface area contributed by atoms with Crippen molar-refractivity contribution in [2.75, 3.05) is 11.9 Å². The Morgan fingerprint density at radius 2 is 2.25 bits per heavy atom. The van der Waals surface area contributed by atoms with Crippen LogP contribution in [0.1, 0.15) is 6.92 Å². The maximum absolute atomic E-state index is 4.44. The Hall–Kier alpha value is -1.93. The summed E-state index contributed by atoms with van der Waals surface area (Å²) < 4.78 is 2.77.